The van der Waals surface area contributed by atoms with Crippen LogP contribution >= 0.6 is 11.3 Å². The minimum atomic E-state index is -3.81. The van der Waals surface area contributed by atoms with Crippen molar-refractivity contribution in [1.82, 2.24) is 9.62 Å². The van der Waals surface area contributed by atoms with Gasteiger partial charge in [-0.15, -0.1) is 11.3 Å². The van der Waals surface area contributed by atoms with Crippen LogP contribution in [0.5, 0.6) is 0 Å². The first-order chi connectivity index (χ1) is 13.5. The Balaban J connectivity index is 2.22. The van der Waals surface area contributed by atoms with Crippen molar-refractivity contribution in [2.45, 2.75) is 38.1 Å². The fourth-order valence-corrected chi connectivity index (χ4v) is 5.14. The fourth-order valence-electron chi connectivity index (χ4n) is 3.03. The lowest BCUT2D eigenvalue weighted by Gasteiger charge is -2.16. The Morgan fingerprint density at radius 2 is 1.93 bits per heavy atom. The fraction of sp³-hybridized carbons (Fsp3) is 0.474. The zero-order chi connectivity index (χ0) is 21.8. The second-order valence-corrected chi connectivity index (χ2v) is 10.5. The Morgan fingerprint density at radius 1 is 1.24 bits per heavy atom. The molecule has 0 saturated carbocycles. The van der Waals surface area contributed by atoms with Crippen molar-refractivity contribution in [2.24, 2.45) is 0 Å². The number of aryl methyl sites for hydroxylation is 2. The van der Waals surface area contributed by atoms with Crippen LogP contribution in [0.1, 0.15) is 34.7 Å². The average molecular weight is 441 g/mol. The Labute approximate surface area is 176 Å². The van der Waals surface area contributed by atoms with Crippen molar-refractivity contribution in [3.63, 3.8) is 0 Å². The molecule has 160 valence electrons. The summed E-state index contributed by atoms with van der Waals surface area (Å²) in [5.74, 6) is 0. The van der Waals surface area contributed by atoms with Gasteiger partial charge in [0.25, 0.3) is 5.69 Å². The van der Waals surface area contributed by atoms with E-state index in [0.717, 1.165) is 23.1 Å². The number of rotatable bonds is 10. The summed E-state index contributed by atoms with van der Waals surface area (Å²) in [5, 5.41) is 14.7. The molecule has 1 unspecified atom stereocenters. The second kappa shape index (κ2) is 9.66. The highest BCUT2D eigenvalue weighted by atomic mass is 32.2. The molecule has 0 radical (unpaired) electrons. The van der Waals surface area contributed by atoms with Gasteiger partial charge < -0.3 is 10.2 Å². The molecule has 0 bridgehead atoms. The third kappa shape index (κ3) is 6.23. The number of nitrogens with zero attached hydrogens (tertiary/aromatic N) is 2. The predicted octanol–water partition coefficient (Wildman–Crippen LogP) is 3.68. The lowest BCUT2D eigenvalue weighted by Crippen LogP contribution is -2.27. The first-order valence-electron chi connectivity index (χ1n) is 9.27. The SMILES string of the molecule is Cc1cc(C(C)Nc2ccc(S(=O)(=O)NCCCN(C)C)cc2[N+](=O)[O-])c(C)s1. The van der Waals surface area contributed by atoms with Crippen molar-refractivity contribution >= 4 is 32.7 Å². The van der Waals surface area contributed by atoms with E-state index < -0.39 is 14.9 Å². The first-order valence-corrected chi connectivity index (χ1v) is 11.6. The van der Waals surface area contributed by atoms with Crippen LogP contribution in [-0.2, 0) is 10.0 Å². The van der Waals surface area contributed by atoms with Crippen molar-refractivity contribution < 1.29 is 13.3 Å². The third-order valence-corrected chi connectivity index (χ3v) is 6.91. The Kier molecular flexibility index (Phi) is 7.75. The molecule has 29 heavy (non-hydrogen) atoms. The summed E-state index contributed by atoms with van der Waals surface area (Å²) in [4.78, 5) is 15.2. The van der Waals surface area contributed by atoms with E-state index in [9.17, 15) is 18.5 Å². The first kappa shape index (κ1) is 23.3. The van der Waals surface area contributed by atoms with E-state index >= 15 is 0 Å². The highest BCUT2D eigenvalue weighted by Crippen LogP contribution is 2.33. The molecule has 0 saturated heterocycles. The van der Waals surface area contributed by atoms with Gasteiger partial charge in [0.1, 0.15) is 5.69 Å². The van der Waals surface area contributed by atoms with Crippen LogP contribution in [0.15, 0.2) is 29.2 Å². The summed E-state index contributed by atoms with van der Waals surface area (Å²) in [6, 6.07) is 5.86. The number of anilines is 1. The van der Waals surface area contributed by atoms with E-state index in [-0.39, 0.29) is 28.9 Å². The summed E-state index contributed by atoms with van der Waals surface area (Å²) in [6.07, 6.45) is 0.644. The molecular formula is C19H28N4O4S2. The van der Waals surface area contributed by atoms with Crippen LogP contribution in [0, 0.1) is 24.0 Å². The van der Waals surface area contributed by atoms with Crippen LogP contribution in [0.3, 0.4) is 0 Å². The summed E-state index contributed by atoms with van der Waals surface area (Å²) >= 11 is 1.67. The third-order valence-electron chi connectivity index (χ3n) is 4.47. The van der Waals surface area contributed by atoms with Crippen molar-refractivity contribution in [1.29, 1.82) is 0 Å². The van der Waals surface area contributed by atoms with Gasteiger partial charge in [0.15, 0.2) is 0 Å². The summed E-state index contributed by atoms with van der Waals surface area (Å²) in [6.45, 7) is 6.96. The molecule has 0 aliphatic heterocycles. The largest absolute Gasteiger partial charge is 0.373 e. The Bertz CT molecular complexity index is 971. The number of benzene rings is 1. The molecule has 2 N–H and O–H groups in total. The number of nitro groups is 1. The number of sulfonamides is 1. The normalized spacial score (nSPS) is 12.9. The molecule has 1 heterocycles. The van der Waals surface area contributed by atoms with Crippen molar-refractivity contribution in [3.8, 4) is 0 Å². The molecule has 1 aromatic carbocycles. The number of nitro benzene ring substituents is 1. The van der Waals surface area contributed by atoms with Gasteiger partial charge in [-0.3, -0.25) is 10.1 Å². The highest BCUT2D eigenvalue weighted by Gasteiger charge is 2.23. The number of hydrogen-bond acceptors (Lipinski definition) is 7. The van der Waals surface area contributed by atoms with Gasteiger partial charge in [0.05, 0.1) is 9.82 Å². The number of nitrogens with one attached hydrogen (secondary N) is 2. The second-order valence-electron chi connectivity index (χ2n) is 7.23. The standard InChI is InChI=1S/C19H28N4O4S2/c1-13-11-17(15(3)28-13)14(2)21-18-8-7-16(12-19(18)23(24)25)29(26,27)20-9-6-10-22(4)5/h7-8,11-12,14,20-21H,6,9-10H2,1-5H3. The van der Waals surface area contributed by atoms with E-state index in [0.29, 0.717) is 6.42 Å². The molecule has 0 aliphatic rings. The monoisotopic (exact) mass is 440 g/mol. The van der Waals surface area contributed by atoms with Gasteiger partial charge >= 0.3 is 0 Å². The zero-order valence-corrected chi connectivity index (χ0v) is 19.0. The zero-order valence-electron chi connectivity index (χ0n) is 17.4. The quantitative estimate of drug-likeness (QED) is 0.332. The van der Waals surface area contributed by atoms with Gasteiger partial charge in [-0.2, -0.15) is 0 Å². The summed E-state index contributed by atoms with van der Waals surface area (Å²) in [7, 11) is -0.00162. The molecule has 2 rings (SSSR count). The van der Waals surface area contributed by atoms with E-state index in [1.807, 2.05) is 39.8 Å². The molecular weight excluding hydrogens is 412 g/mol. The molecule has 0 fully saturated rings. The van der Waals surface area contributed by atoms with Gasteiger partial charge in [-0.25, -0.2) is 13.1 Å². The minimum Gasteiger partial charge on any atom is -0.373 e. The van der Waals surface area contributed by atoms with E-state index in [2.05, 4.69) is 16.1 Å². The molecule has 10 heteroatoms. The topological polar surface area (TPSA) is 105 Å². The van der Waals surface area contributed by atoms with Crippen LogP contribution in [0.2, 0.25) is 0 Å². The van der Waals surface area contributed by atoms with Crippen LogP contribution < -0.4 is 10.0 Å². The van der Waals surface area contributed by atoms with Crippen LogP contribution in [0.4, 0.5) is 11.4 Å². The highest BCUT2D eigenvalue weighted by molar-refractivity contribution is 7.89. The maximum absolute atomic E-state index is 12.5. The van der Waals surface area contributed by atoms with Gasteiger partial charge in [-0.1, -0.05) is 0 Å². The van der Waals surface area contributed by atoms with Crippen LogP contribution in [-0.4, -0.2) is 45.4 Å². The number of thiophene rings is 1. The molecule has 8 nitrogen and oxygen atoms in total. The van der Waals surface area contributed by atoms with Crippen molar-refractivity contribution in [2.75, 3.05) is 32.5 Å². The van der Waals surface area contributed by atoms with Crippen molar-refractivity contribution in [3.05, 3.63) is 49.7 Å². The molecule has 2 aromatic rings. The molecule has 0 spiro atoms. The van der Waals surface area contributed by atoms with E-state index in [4.69, 9.17) is 0 Å². The average Bonchev–Trinajstić information content (AvgIpc) is 2.97. The molecule has 1 atom stereocenters. The molecule has 0 aliphatic carbocycles. The summed E-state index contributed by atoms with van der Waals surface area (Å²) < 4.78 is 27.5. The maximum atomic E-state index is 12.5. The van der Waals surface area contributed by atoms with Gasteiger partial charge in [0, 0.05) is 28.4 Å². The predicted molar refractivity (Wildman–Crippen MR) is 117 cm³/mol. The van der Waals surface area contributed by atoms with Crippen LogP contribution in [0.25, 0.3) is 0 Å². The minimum absolute atomic E-state index is 0.116. The number of hydrogen-bond donors (Lipinski definition) is 2. The molecule has 0 amide bonds. The molecule has 1 aromatic heterocycles. The summed E-state index contributed by atoms with van der Waals surface area (Å²) in [5.41, 5.74) is 1.09. The lowest BCUT2D eigenvalue weighted by atomic mass is 10.1. The van der Waals surface area contributed by atoms with E-state index in [1.165, 1.54) is 17.0 Å². The maximum Gasteiger partial charge on any atom is 0.293 e. The van der Waals surface area contributed by atoms with Gasteiger partial charge in [0.2, 0.25) is 10.0 Å². The Hall–Kier alpha value is -2.01. The van der Waals surface area contributed by atoms with E-state index in [1.54, 1.807) is 11.3 Å². The lowest BCUT2D eigenvalue weighted by molar-refractivity contribution is -0.384. The smallest absolute Gasteiger partial charge is 0.293 e. The van der Waals surface area contributed by atoms with Gasteiger partial charge in [-0.05, 0) is 71.6 Å². The Morgan fingerprint density at radius 3 is 2.48 bits per heavy atom.